The van der Waals surface area contributed by atoms with Crippen LogP contribution in [0.3, 0.4) is 0 Å². The number of rotatable bonds is 4. The van der Waals surface area contributed by atoms with E-state index in [1.54, 1.807) is 24.9 Å². The first kappa shape index (κ1) is 14.1. The number of nitrogens with zero attached hydrogens (tertiary/aromatic N) is 4. The largest absolute Gasteiger partial charge is 0.336 e. The van der Waals surface area contributed by atoms with Crippen molar-refractivity contribution in [1.82, 2.24) is 14.5 Å². The Kier molecular flexibility index (Phi) is 3.44. The van der Waals surface area contributed by atoms with E-state index in [-0.39, 0.29) is 5.03 Å². The minimum absolute atomic E-state index is 0.0971. The van der Waals surface area contributed by atoms with E-state index in [1.807, 2.05) is 10.6 Å². The summed E-state index contributed by atoms with van der Waals surface area (Å²) < 4.78 is 28.7. The van der Waals surface area contributed by atoms with Crippen LogP contribution in [0, 0.1) is 5.92 Å². The zero-order valence-electron chi connectivity index (χ0n) is 12.1. The van der Waals surface area contributed by atoms with Crippen LogP contribution in [0.25, 0.3) is 0 Å². The maximum absolute atomic E-state index is 12.7. The van der Waals surface area contributed by atoms with Crippen molar-refractivity contribution >= 4 is 15.7 Å². The Morgan fingerprint density at radius 1 is 1.38 bits per heavy atom. The van der Waals surface area contributed by atoms with Crippen molar-refractivity contribution in [2.45, 2.75) is 31.8 Å². The van der Waals surface area contributed by atoms with Crippen molar-refractivity contribution in [3.05, 3.63) is 36.5 Å². The second-order valence-corrected chi connectivity index (χ2v) is 7.44. The Morgan fingerprint density at radius 2 is 2.19 bits per heavy atom. The number of sulfonamides is 1. The highest BCUT2D eigenvalue weighted by Gasteiger charge is 2.32. The molecule has 112 valence electrons. The van der Waals surface area contributed by atoms with Gasteiger partial charge in [-0.3, -0.25) is 9.29 Å². The molecule has 0 N–H and O–H groups in total. The van der Waals surface area contributed by atoms with E-state index < -0.39 is 10.0 Å². The van der Waals surface area contributed by atoms with Gasteiger partial charge in [0.2, 0.25) is 0 Å². The first-order valence-electron chi connectivity index (χ1n) is 6.96. The van der Waals surface area contributed by atoms with Gasteiger partial charge in [-0.15, -0.1) is 0 Å². The number of hydrogen-bond acceptors (Lipinski definition) is 4. The SMILES string of the molecule is CC(C)Cn1cnc(S(=O)(=O)N2CCc3ccncc32)c1. The lowest BCUT2D eigenvalue weighted by Crippen LogP contribution is -2.29. The Morgan fingerprint density at radius 3 is 2.95 bits per heavy atom. The van der Waals surface area contributed by atoms with Crippen molar-refractivity contribution in [3.63, 3.8) is 0 Å². The molecule has 0 amide bonds. The van der Waals surface area contributed by atoms with Gasteiger partial charge in [0.05, 0.1) is 18.2 Å². The van der Waals surface area contributed by atoms with Crippen molar-refractivity contribution < 1.29 is 8.42 Å². The third kappa shape index (κ3) is 2.53. The van der Waals surface area contributed by atoms with Crippen LogP contribution in [0.4, 0.5) is 5.69 Å². The van der Waals surface area contributed by atoms with Gasteiger partial charge >= 0.3 is 0 Å². The molecule has 2 aromatic rings. The maximum atomic E-state index is 12.7. The van der Waals surface area contributed by atoms with Crippen LogP contribution in [0.1, 0.15) is 19.4 Å². The molecule has 0 saturated carbocycles. The third-order valence-corrected chi connectivity index (χ3v) is 5.18. The molecule has 0 spiro atoms. The fraction of sp³-hybridized carbons (Fsp3) is 0.429. The van der Waals surface area contributed by atoms with Crippen LogP contribution < -0.4 is 4.31 Å². The van der Waals surface area contributed by atoms with Gasteiger partial charge in [-0.05, 0) is 24.0 Å². The molecule has 3 rings (SSSR count). The minimum Gasteiger partial charge on any atom is -0.336 e. The zero-order valence-corrected chi connectivity index (χ0v) is 12.9. The molecule has 2 aromatic heterocycles. The van der Waals surface area contributed by atoms with Gasteiger partial charge in [0.25, 0.3) is 10.0 Å². The lowest BCUT2D eigenvalue weighted by atomic mass is 10.2. The average Bonchev–Trinajstić information content (AvgIpc) is 3.04. The molecule has 7 heteroatoms. The lowest BCUT2D eigenvalue weighted by Gasteiger charge is -2.17. The molecular weight excluding hydrogens is 288 g/mol. The summed E-state index contributed by atoms with van der Waals surface area (Å²) in [5.41, 5.74) is 1.67. The van der Waals surface area contributed by atoms with E-state index in [1.165, 1.54) is 4.31 Å². The molecule has 3 heterocycles. The van der Waals surface area contributed by atoms with E-state index in [0.29, 0.717) is 24.6 Å². The molecule has 0 aliphatic carbocycles. The predicted octanol–water partition coefficient (Wildman–Crippen LogP) is 1.69. The van der Waals surface area contributed by atoms with Crippen LogP contribution >= 0.6 is 0 Å². The molecular formula is C14H18N4O2S. The van der Waals surface area contributed by atoms with E-state index in [4.69, 9.17) is 0 Å². The predicted molar refractivity (Wildman–Crippen MR) is 79.5 cm³/mol. The first-order chi connectivity index (χ1) is 9.98. The second-order valence-electron chi connectivity index (χ2n) is 5.63. The molecule has 0 fully saturated rings. The molecule has 21 heavy (non-hydrogen) atoms. The molecule has 0 unspecified atom stereocenters. The molecule has 6 nitrogen and oxygen atoms in total. The molecule has 0 atom stereocenters. The highest BCUT2D eigenvalue weighted by atomic mass is 32.2. The Balaban J connectivity index is 1.93. The van der Waals surface area contributed by atoms with Crippen molar-refractivity contribution in [2.24, 2.45) is 5.92 Å². The van der Waals surface area contributed by atoms with Crippen molar-refractivity contribution in [2.75, 3.05) is 10.8 Å². The van der Waals surface area contributed by atoms with Gasteiger partial charge in [-0.1, -0.05) is 13.8 Å². The Labute approximate surface area is 124 Å². The van der Waals surface area contributed by atoms with Crippen LogP contribution in [0.5, 0.6) is 0 Å². The van der Waals surface area contributed by atoms with Gasteiger partial charge < -0.3 is 4.57 Å². The first-order valence-corrected chi connectivity index (χ1v) is 8.40. The van der Waals surface area contributed by atoms with E-state index in [2.05, 4.69) is 23.8 Å². The number of fused-ring (bicyclic) bond motifs is 1. The summed E-state index contributed by atoms with van der Waals surface area (Å²) in [6, 6.07) is 1.86. The van der Waals surface area contributed by atoms with Gasteiger partial charge in [0.15, 0.2) is 5.03 Å². The van der Waals surface area contributed by atoms with Crippen LogP contribution in [-0.2, 0) is 23.0 Å². The number of anilines is 1. The van der Waals surface area contributed by atoms with Gasteiger partial charge in [0.1, 0.15) is 0 Å². The molecule has 0 radical (unpaired) electrons. The Bertz CT molecular complexity index is 752. The average molecular weight is 306 g/mol. The highest BCUT2D eigenvalue weighted by Crippen LogP contribution is 2.31. The number of hydrogen-bond donors (Lipinski definition) is 0. The minimum atomic E-state index is -3.61. The topological polar surface area (TPSA) is 68.1 Å². The van der Waals surface area contributed by atoms with Crippen molar-refractivity contribution in [1.29, 1.82) is 0 Å². The van der Waals surface area contributed by atoms with Gasteiger partial charge in [0, 0.05) is 25.5 Å². The summed E-state index contributed by atoms with van der Waals surface area (Å²) in [4.78, 5) is 8.10. The fourth-order valence-corrected chi connectivity index (χ4v) is 3.98. The number of imidazole rings is 1. The van der Waals surface area contributed by atoms with E-state index >= 15 is 0 Å². The molecule has 0 bridgehead atoms. The monoisotopic (exact) mass is 306 g/mol. The summed E-state index contributed by atoms with van der Waals surface area (Å²) in [6.45, 7) is 5.36. The highest BCUT2D eigenvalue weighted by molar-refractivity contribution is 7.92. The van der Waals surface area contributed by atoms with Crippen LogP contribution in [0.2, 0.25) is 0 Å². The fourth-order valence-electron chi connectivity index (χ4n) is 2.55. The third-order valence-electron chi connectivity index (χ3n) is 3.48. The maximum Gasteiger partial charge on any atom is 0.283 e. The normalized spacial score (nSPS) is 14.7. The quantitative estimate of drug-likeness (QED) is 0.862. The van der Waals surface area contributed by atoms with Crippen LogP contribution in [0.15, 0.2) is 36.0 Å². The summed E-state index contributed by atoms with van der Waals surface area (Å²) in [5.74, 6) is 0.437. The molecule has 1 aliphatic rings. The molecule has 0 saturated heterocycles. The number of aromatic nitrogens is 3. The zero-order chi connectivity index (χ0) is 15.0. The summed E-state index contributed by atoms with van der Waals surface area (Å²) in [5, 5.41) is 0.0971. The number of pyridine rings is 1. The summed E-state index contributed by atoms with van der Waals surface area (Å²) in [6.07, 6.45) is 7.18. The Hall–Kier alpha value is -1.89. The van der Waals surface area contributed by atoms with E-state index in [9.17, 15) is 8.42 Å². The summed E-state index contributed by atoms with van der Waals surface area (Å²) >= 11 is 0. The molecule has 1 aliphatic heterocycles. The standard InChI is InChI=1S/C14H18N4O2S/c1-11(2)8-17-9-14(16-10-17)21(19,20)18-6-4-12-3-5-15-7-13(12)18/h3,5,7,9-11H,4,6,8H2,1-2H3. The lowest BCUT2D eigenvalue weighted by molar-refractivity contribution is 0.521. The van der Waals surface area contributed by atoms with Crippen LogP contribution in [-0.4, -0.2) is 29.5 Å². The van der Waals surface area contributed by atoms with E-state index in [0.717, 1.165) is 12.1 Å². The summed E-state index contributed by atoms with van der Waals surface area (Å²) in [7, 11) is -3.61. The smallest absolute Gasteiger partial charge is 0.283 e. The second kappa shape index (κ2) is 5.14. The van der Waals surface area contributed by atoms with Crippen molar-refractivity contribution in [3.8, 4) is 0 Å². The van der Waals surface area contributed by atoms with Gasteiger partial charge in [-0.25, -0.2) is 4.98 Å². The van der Waals surface area contributed by atoms with Gasteiger partial charge in [-0.2, -0.15) is 8.42 Å². The molecule has 0 aromatic carbocycles.